The van der Waals surface area contributed by atoms with Crippen LogP contribution in [0.2, 0.25) is 10.3 Å². The van der Waals surface area contributed by atoms with E-state index in [0.717, 1.165) is 0 Å². The van der Waals surface area contributed by atoms with Crippen molar-refractivity contribution in [1.29, 1.82) is 0 Å². The molecule has 114 valence electrons. The Bertz CT molecular complexity index is 572. The van der Waals surface area contributed by atoms with Crippen LogP contribution in [0.15, 0.2) is 6.07 Å². The van der Waals surface area contributed by atoms with Gasteiger partial charge in [0.05, 0.1) is 11.0 Å². The lowest BCUT2D eigenvalue weighted by Gasteiger charge is -2.38. The van der Waals surface area contributed by atoms with Crippen molar-refractivity contribution in [1.82, 2.24) is 15.1 Å². The van der Waals surface area contributed by atoms with Crippen molar-refractivity contribution in [2.75, 3.05) is 13.1 Å². The van der Waals surface area contributed by atoms with Gasteiger partial charge < -0.3 is 10.0 Å². The molecule has 1 aromatic heterocycles. The number of halogens is 2. The van der Waals surface area contributed by atoms with Gasteiger partial charge >= 0.3 is 5.97 Å². The highest BCUT2D eigenvalue weighted by Gasteiger charge is 2.41. The monoisotopic (exact) mass is 331 g/mol. The molecule has 1 amide bonds. The number of amides is 1. The quantitative estimate of drug-likeness (QED) is 0.919. The van der Waals surface area contributed by atoms with Crippen LogP contribution in [0.1, 0.15) is 36.5 Å². The third-order valence-electron chi connectivity index (χ3n) is 4.09. The molecule has 0 saturated carbocycles. The van der Waals surface area contributed by atoms with Crippen LogP contribution >= 0.6 is 23.2 Å². The van der Waals surface area contributed by atoms with Gasteiger partial charge in [0.25, 0.3) is 5.91 Å². The second kappa shape index (κ2) is 6.15. The molecule has 0 radical (unpaired) electrons. The molecule has 0 aromatic carbocycles. The fraction of sp³-hybridized carbons (Fsp3) is 0.538. The summed E-state index contributed by atoms with van der Waals surface area (Å²) >= 11 is 11.6. The average molecular weight is 332 g/mol. The Hall–Kier alpha value is -1.40. The molecular weight excluding hydrogens is 317 g/mol. The van der Waals surface area contributed by atoms with E-state index < -0.39 is 11.4 Å². The number of hydrogen-bond acceptors (Lipinski definition) is 4. The van der Waals surface area contributed by atoms with Crippen molar-refractivity contribution >= 4 is 35.1 Å². The third-order valence-corrected chi connectivity index (χ3v) is 4.55. The Morgan fingerprint density at radius 1 is 1.33 bits per heavy atom. The molecule has 6 nitrogen and oxygen atoms in total. The highest BCUT2D eigenvalue weighted by atomic mass is 35.5. The van der Waals surface area contributed by atoms with Gasteiger partial charge in [-0.15, -0.1) is 10.2 Å². The smallest absolute Gasteiger partial charge is 0.309 e. The molecule has 1 fully saturated rings. The molecule has 0 bridgehead atoms. The molecule has 1 aliphatic heterocycles. The summed E-state index contributed by atoms with van der Waals surface area (Å²) in [5.41, 5.74) is -0.551. The van der Waals surface area contributed by atoms with E-state index in [0.29, 0.717) is 32.4 Å². The van der Waals surface area contributed by atoms with E-state index in [9.17, 15) is 14.7 Å². The second-order valence-corrected chi connectivity index (χ2v) is 5.85. The zero-order chi connectivity index (χ0) is 15.6. The Morgan fingerprint density at radius 3 is 2.48 bits per heavy atom. The number of nitrogens with zero attached hydrogens (tertiary/aromatic N) is 3. The van der Waals surface area contributed by atoms with Gasteiger partial charge in [-0.25, -0.2) is 0 Å². The normalized spacial score (nSPS) is 17.6. The third kappa shape index (κ3) is 3.11. The van der Waals surface area contributed by atoms with Crippen molar-refractivity contribution in [2.45, 2.75) is 26.2 Å². The Labute approximate surface area is 132 Å². The van der Waals surface area contributed by atoms with E-state index >= 15 is 0 Å². The molecule has 1 aliphatic rings. The molecule has 0 unspecified atom stereocenters. The number of aromatic nitrogens is 2. The zero-order valence-corrected chi connectivity index (χ0v) is 13.0. The molecule has 2 rings (SSSR count). The van der Waals surface area contributed by atoms with E-state index in [-0.39, 0.29) is 21.8 Å². The van der Waals surface area contributed by atoms with Crippen LogP contribution in [-0.4, -0.2) is 45.2 Å². The summed E-state index contributed by atoms with van der Waals surface area (Å²) < 4.78 is 0. The van der Waals surface area contributed by atoms with Gasteiger partial charge in [0.15, 0.2) is 10.3 Å². The lowest BCUT2D eigenvalue weighted by Crippen LogP contribution is -2.46. The molecule has 1 saturated heterocycles. The fourth-order valence-corrected chi connectivity index (χ4v) is 2.85. The summed E-state index contributed by atoms with van der Waals surface area (Å²) in [6.07, 6.45) is 1.40. The van der Waals surface area contributed by atoms with Crippen molar-refractivity contribution < 1.29 is 14.7 Å². The largest absolute Gasteiger partial charge is 0.481 e. The molecule has 2 heterocycles. The number of rotatable bonds is 3. The molecule has 1 aromatic rings. The number of aliphatic carboxylic acids is 1. The first-order chi connectivity index (χ1) is 9.89. The first-order valence-corrected chi connectivity index (χ1v) is 7.36. The van der Waals surface area contributed by atoms with Crippen molar-refractivity contribution in [3.8, 4) is 0 Å². The summed E-state index contributed by atoms with van der Waals surface area (Å²) in [6, 6.07) is 1.37. The summed E-state index contributed by atoms with van der Waals surface area (Å²) in [5.74, 6) is -1.10. The molecule has 0 spiro atoms. The van der Waals surface area contributed by atoms with E-state index in [1.165, 1.54) is 6.07 Å². The number of piperidine rings is 1. The maximum absolute atomic E-state index is 12.4. The molecule has 1 N–H and O–H groups in total. The predicted octanol–water partition coefficient (Wildman–Crippen LogP) is 2.50. The van der Waals surface area contributed by atoms with E-state index in [1.807, 2.05) is 6.92 Å². The minimum atomic E-state index is -0.802. The first kappa shape index (κ1) is 16.0. The van der Waals surface area contributed by atoms with E-state index in [4.69, 9.17) is 23.2 Å². The second-order valence-electron chi connectivity index (χ2n) is 5.10. The maximum atomic E-state index is 12.4. The number of carboxylic acids is 1. The first-order valence-electron chi connectivity index (χ1n) is 6.61. The Kier molecular flexibility index (Phi) is 4.68. The van der Waals surface area contributed by atoms with Gasteiger partial charge in [0, 0.05) is 13.1 Å². The SMILES string of the molecule is CCC1(C(=O)O)CCN(C(=O)c2cc(Cl)nnc2Cl)CC1. The van der Waals surface area contributed by atoms with Crippen LogP contribution in [0, 0.1) is 5.41 Å². The van der Waals surface area contributed by atoms with E-state index in [1.54, 1.807) is 4.90 Å². The van der Waals surface area contributed by atoms with Crippen molar-refractivity contribution in [3.63, 3.8) is 0 Å². The van der Waals surface area contributed by atoms with Crippen LogP contribution < -0.4 is 0 Å². The van der Waals surface area contributed by atoms with Crippen LogP contribution in [0.3, 0.4) is 0 Å². The molecule has 0 atom stereocenters. The summed E-state index contributed by atoms with van der Waals surface area (Å²) in [6.45, 7) is 2.60. The Morgan fingerprint density at radius 2 is 1.95 bits per heavy atom. The highest BCUT2D eigenvalue weighted by molar-refractivity contribution is 6.34. The highest BCUT2D eigenvalue weighted by Crippen LogP contribution is 2.35. The maximum Gasteiger partial charge on any atom is 0.309 e. The van der Waals surface area contributed by atoms with Gasteiger partial charge in [-0.05, 0) is 25.3 Å². The summed E-state index contributed by atoms with van der Waals surface area (Å²) in [4.78, 5) is 25.4. The number of carbonyl (C=O) groups excluding carboxylic acids is 1. The number of hydrogen-bond donors (Lipinski definition) is 1. The lowest BCUT2D eigenvalue weighted by molar-refractivity contribution is -0.152. The van der Waals surface area contributed by atoms with Crippen molar-refractivity contribution in [3.05, 3.63) is 21.9 Å². The van der Waals surface area contributed by atoms with Crippen LogP contribution in [0.4, 0.5) is 0 Å². The van der Waals surface area contributed by atoms with Crippen LogP contribution in [0.5, 0.6) is 0 Å². The number of carboxylic acid groups (broad SMARTS) is 1. The molecular formula is C13H15Cl2N3O3. The number of likely N-dealkylation sites (tertiary alicyclic amines) is 1. The Balaban J connectivity index is 2.13. The summed E-state index contributed by atoms with van der Waals surface area (Å²) in [7, 11) is 0. The minimum absolute atomic E-state index is 0.00466. The van der Waals surface area contributed by atoms with E-state index in [2.05, 4.69) is 10.2 Å². The van der Waals surface area contributed by atoms with Crippen LogP contribution in [0.25, 0.3) is 0 Å². The predicted molar refractivity (Wildman–Crippen MR) is 77.5 cm³/mol. The van der Waals surface area contributed by atoms with Gasteiger partial charge in [0.1, 0.15) is 0 Å². The van der Waals surface area contributed by atoms with Gasteiger partial charge in [-0.3, -0.25) is 9.59 Å². The topological polar surface area (TPSA) is 83.4 Å². The van der Waals surface area contributed by atoms with Gasteiger partial charge in [0.2, 0.25) is 0 Å². The zero-order valence-electron chi connectivity index (χ0n) is 11.5. The number of carbonyl (C=O) groups is 2. The average Bonchev–Trinajstić information content (AvgIpc) is 2.49. The van der Waals surface area contributed by atoms with Crippen molar-refractivity contribution in [2.24, 2.45) is 5.41 Å². The fourth-order valence-electron chi connectivity index (χ4n) is 2.53. The van der Waals surface area contributed by atoms with Gasteiger partial charge in [-0.1, -0.05) is 30.1 Å². The minimum Gasteiger partial charge on any atom is -0.481 e. The standard InChI is InChI=1S/C13H15Cl2N3O3/c1-2-13(12(20)21)3-5-18(6-4-13)11(19)8-7-9(14)16-17-10(8)15/h7H,2-6H2,1H3,(H,20,21). The lowest BCUT2D eigenvalue weighted by atomic mass is 9.76. The van der Waals surface area contributed by atoms with Gasteiger partial charge in [-0.2, -0.15) is 0 Å². The molecule has 8 heteroatoms. The molecule has 21 heavy (non-hydrogen) atoms. The van der Waals surface area contributed by atoms with Crippen LogP contribution in [-0.2, 0) is 4.79 Å². The molecule has 0 aliphatic carbocycles. The summed E-state index contributed by atoms with van der Waals surface area (Å²) in [5, 5.41) is 16.6.